The van der Waals surface area contributed by atoms with E-state index in [4.69, 9.17) is 49.8 Å². The van der Waals surface area contributed by atoms with E-state index in [9.17, 15) is 0 Å². The molecule has 0 amide bonds. The number of hydrogen-bond acceptors (Lipinski definition) is 3. The van der Waals surface area contributed by atoms with E-state index in [1.807, 2.05) is 72.8 Å². The first kappa shape index (κ1) is 20.8. The lowest BCUT2D eigenvalue weighted by Crippen LogP contribution is -2.00. The Labute approximate surface area is 190 Å². The van der Waals surface area contributed by atoms with Crippen molar-refractivity contribution in [3.8, 4) is 34.2 Å². The summed E-state index contributed by atoms with van der Waals surface area (Å²) in [4.78, 5) is 14.2. The van der Waals surface area contributed by atoms with Crippen LogP contribution in [-0.2, 0) is 17.6 Å². The fourth-order valence-electron chi connectivity index (χ4n) is 2.99. The average Bonchev–Trinajstić information content (AvgIpc) is 2.84. The van der Waals surface area contributed by atoms with Gasteiger partial charge in [0.05, 0.1) is 0 Å². The second kappa shape index (κ2) is 9.57. The average molecular weight is 455 g/mol. The predicted molar refractivity (Wildman–Crippen MR) is 125 cm³/mol. The molecule has 4 rings (SSSR count). The summed E-state index contributed by atoms with van der Waals surface area (Å²) >= 11 is 17.8. The van der Waals surface area contributed by atoms with E-state index >= 15 is 0 Å². The number of aromatic nitrogens is 3. The number of hydrogen-bond donors (Lipinski definition) is 0. The number of rotatable bonds is 6. The number of halogens is 3. The van der Waals surface area contributed by atoms with Crippen LogP contribution in [0.1, 0.15) is 16.7 Å². The minimum Gasteiger partial charge on any atom is -0.208 e. The van der Waals surface area contributed by atoms with E-state index in [-0.39, 0.29) is 0 Å². The first-order valence-electron chi connectivity index (χ1n) is 9.42. The zero-order chi connectivity index (χ0) is 20.9. The molecule has 0 fully saturated rings. The lowest BCUT2D eigenvalue weighted by Gasteiger charge is -2.09. The fraction of sp³-hybridized carbons (Fsp3) is 0.125. The molecule has 3 nitrogen and oxygen atoms in total. The third-order valence-corrected chi connectivity index (χ3v) is 5.66. The largest absolute Gasteiger partial charge is 0.208 e. The maximum Gasteiger partial charge on any atom is 0.164 e. The molecule has 0 aliphatic carbocycles. The molecule has 3 aromatic carbocycles. The lowest BCUT2D eigenvalue weighted by molar-refractivity contribution is 1.07. The Morgan fingerprint density at radius 3 is 0.833 bits per heavy atom. The second-order valence-corrected chi connectivity index (χ2v) is 7.60. The fourth-order valence-corrected chi connectivity index (χ4v) is 3.53. The van der Waals surface area contributed by atoms with Crippen LogP contribution in [-0.4, -0.2) is 15.0 Å². The van der Waals surface area contributed by atoms with Crippen molar-refractivity contribution in [1.82, 2.24) is 15.0 Å². The van der Waals surface area contributed by atoms with Crippen LogP contribution in [0, 0.1) is 0 Å². The van der Waals surface area contributed by atoms with Crippen molar-refractivity contribution in [3.05, 3.63) is 89.5 Å². The van der Waals surface area contributed by atoms with Gasteiger partial charge in [-0.2, -0.15) is 0 Å². The van der Waals surface area contributed by atoms with Gasteiger partial charge in [-0.1, -0.05) is 72.8 Å². The molecule has 0 bridgehead atoms. The summed E-state index contributed by atoms with van der Waals surface area (Å²) in [5.41, 5.74) is 5.85. The SMILES string of the molecule is ClCc1ccc(-c2nc(-c3ccc(CCl)cc3)nc(-c3ccc(CCl)cc3)n2)cc1. The van der Waals surface area contributed by atoms with Gasteiger partial charge in [-0.3, -0.25) is 0 Å². The summed E-state index contributed by atoms with van der Waals surface area (Å²) in [5.74, 6) is 3.23. The van der Waals surface area contributed by atoms with Crippen LogP contribution in [0.5, 0.6) is 0 Å². The normalized spacial score (nSPS) is 10.9. The highest BCUT2D eigenvalue weighted by atomic mass is 35.5. The molecule has 0 saturated carbocycles. The topological polar surface area (TPSA) is 38.7 Å². The summed E-state index contributed by atoms with van der Waals surface area (Å²) in [5, 5.41) is 0. The Morgan fingerprint density at radius 1 is 0.400 bits per heavy atom. The second-order valence-electron chi connectivity index (χ2n) is 6.80. The maximum absolute atomic E-state index is 5.93. The maximum atomic E-state index is 5.93. The van der Waals surface area contributed by atoms with Gasteiger partial charge in [0.25, 0.3) is 0 Å². The molecule has 4 aromatic rings. The van der Waals surface area contributed by atoms with Crippen molar-refractivity contribution in [3.63, 3.8) is 0 Å². The van der Waals surface area contributed by atoms with Crippen LogP contribution in [0.2, 0.25) is 0 Å². The van der Waals surface area contributed by atoms with Crippen LogP contribution in [0.4, 0.5) is 0 Å². The molecule has 150 valence electrons. The molecule has 0 spiro atoms. The van der Waals surface area contributed by atoms with E-state index in [0.29, 0.717) is 35.1 Å². The molecule has 1 heterocycles. The van der Waals surface area contributed by atoms with Crippen LogP contribution < -0.4 is 0 Å². The summed E-state index contributed by atoms with van der Waals surface area (Å²) in [6.45, 7) is 0. The standard InChI is InChI=1S/C24H18Cl3N3/c25-13-16-1-7-19(8-2-16)22-28-23(20-9-3-17(14-26)4-10-20)30-24(29-22)21-11-5-18(15-27)6-12-21/h1-12H,13-15H2. The van der Waals surface area contributed by atoms with Gasteiger partial charge in [0.15, 0.2) is 17.5 Å². The molecular weight excluding hydrogens is 437 g/mol. The molecular formula is C24H18Cl3N3. The van der Waals surface area contributed by atoms with Gasteiger partial charge in [-0.15, -0.1) is 34.8 Å². The Hall–Kier alpha value is -2.46. The molecule has 1 aromatic heterocycles. The van der Waals surface area contributed by atoms with Gasteiger partial charge < -0.3 is 0 Å². The first-order chi connectivity index (χ1) is 14.7. The highest BCUT2D eigenvalue weighted by Gasteiger charge is 2.12. The van der Waals surface area contributed by atoms with Crippen molar-refractivity contribution in [2.24, 2.45) is 0 Å². The van der Waals surface area contributed by atoms with E-state index in [2.05, 4.69) is 0 Å². The zero-order valence-corrected chi connectivity index (χ0v) is 18.3. The van der Waals surface area contributed by atoms with Gasteiger partial charge in [0.2, 0.25) is 0 Å². The van der Waals surface area contributed by atoms with Crippen LogP contribution in [0.3, 0.4) is 0 Å². The zero-order valence-electron chi connectivity index (χ0n) is 16.0. The Balaban J connectivity index is 1.83. The van der Waals surface area contributed by atoms with Gasteiger partial charge in [-0.05, 0) is 16.7 Å². The Morgan fingerprint density at radius 2 is 0.633 bits per heavy atom. The van der Waals surface area contributed by atoms with E-state index < -0.39 is 0 Å². The van der Waals surface area contributed by atoms with Gasteiger partial charge >= 0.3 is 0 Å². The van der Waals surface area contributed by atoms with Crippen molar-refractivity contribution in [1.29, 1.82) is 0 Å². The molecule has 0 saturated heterocycles. The first-order valence-corrected chi connectivity index (χ1v) is 11.0. The van der Waals surface area contributed by atoms with Crippen LogP contribution >= 0.6 is 34.8 Å². The van der Waals surface area contributed by atoms with Gasteiger partial charge in [-0.25, -0.2) is 15.0 Å². The van der Waals surface area contributed by atoms with E-state index in [1.54, 1.807) is 0 Å². The highest BCUT2D eigenvalue weighted by molar-refractivity contribution is 6.17. The van der Waals surface area contributed by atoms with Gasteiger partial charge in [0, 0.05) is 34.3 Å². The molecule has 0 atom stereocenters. The third-order valence-electron chi connectivity index (χ3n) is 4.73. The minimum atomic E-state index is 0.466. The molecule has 0 radical (unpaired) electrons. The quantitative estimate of drug-likeness (QED) is 0.292. The van der Waals surface area contributed by atoms with Crippen molar-refractivity contribution >= 4 is 34.8 Å². The molecule has 30 heavy (non-hydrogen) atoms. The van der Waals surface area contributed by atoms with Crippen molar-refractivity contribution in [2.75, 3.05) is 0 Å². The van der Waals surface area contributed by atoms with Crippen molar-refractivity contribution in [2.45, 2.75) is 17.6 Å². The molecule has 0 N–H and O–H groups in total. The Bertz CT molecular complexity index is 967. The summed E-state index contributed by atoms with van der Waals surface area (Å²) < 4.78 is 0. The smallest absolute Gasteiger partial charge is 0.164 e. The summed E-state index contributed by atoms with van der Waals surface area (Å²) in [7, 11) is 0. The monoisotopic (exact) mass is 453 g/mol. The van der Waals surface area contributed by atoms with Gasteiger partial charge in [0.1, 0.15) is 0 Å². The molecule has 6 heteroatoms. The highest BCUT2D eigenvalue weighted by Crippen LogP contribution is 2.26. The van der Waals surface area contributed by atoms with E-state index in [0.717, 1.165) is 33.4 Å². The number of benzene rings is 3. The minimum absolute atomic E-state index is 0.466. The van der Waals surface area contributed by atoms with Crippen molar-refractivity contribution < 1.29 is 0 Å². The van der Waals surface area contributed by atoms with E-state index in [1.165, 1.54) is 0 Å². The number of nitrogens with zero attached hydrogens (tertiary/aromatic N) is 3. The summed E-state index contributed by atoms with van der Waals surface area (Å²) in [6.07, 6.45) is 0. The molecule has 0 aliphatic heterocycles. The third kappa shape index (κ3) is 4.65. The Kier molecular flexibility index (Phi) is 6.63. The predicted octanol–water partition coefficient (Wildman–Crippen LogP) is 7.09. The molecule has 0 unspecified atom stereocenters. The van der Waals surface area contributed by atoms with Crippen LogP contribution in [0.25, 0.3) is 34.2 Å². The summed E-state index contributed by atoms with van der Waals surface area (Å²) in [6, 6.07) is 23.8. The van der Waals surface area contributed by atoms with Crippen LogP contribution in [0.15, 0.2) is 72.8 Å². The molecule has 0 aliphatic rings. The lowest BCUT2D eigenvalue weighted by atomic mass is 10.1. The number of alkyl halides is 3.